The number of rotatable bonds is 38. The van der Waals surface area contributed by atoms with E-state index in [0.717, 1.165) is 36.3 Å². The Bertz CT molecular complexity index is 1260. The first-order valence-corrected chi connectivity index (χ1v) is 24.4. The number of aliphatic imine (C=N–C) groups is 2. The van der Waals surface area contributed by atoms with Crippen molar-refractivity contribution >= 4 is 35.5 Å². The zero-order chi connectivity index (χ0) is 39.8. The van der Waals surface area contributed by atoms with Crippen LogP contribution in [0.25, 0.3) is 12.2 Å². The second kappa shape index (κ2) is 40.7. The first kappa shape index (κ1) is 52.9. The van der Waals surface area contributed by atoms with Crippen LogP contribution in [0.4, 0.5) is 11.4 Å². The third-order valence-electron chi connectivity index (χ3n) is 11.3. The first-order chi connectivity index (χ1) is 27.7. The Labute approximate surface area is 368 Å². The maximum Gasteiger partial charge on any atom is 0.0634 e. The van der Waals surface area contributed by atoms with Gasteiger partial charge in [0.15, 0.2) is 0 Å². The van der Waals surface area contributed by atoms with Crippen LogP contribution in [0.1, 0.15) is 244 Å². The zero-order valence-electron chi connectivity index (χ0n) is 37.6. The van der Waals surface area contributed by atoms with E-state index >= 15 is 0 Å². The van der Waals surface area contributed by atoms with E-state index in [1.54, 1.807) is 0 Å². The van der Waals surface area contributed by atoms with Crippen molar-refractivity contribution in [2.75, 3.05) is 0 Å². The van der Waals surface area contributed by atoms with Crippen molar-refractivity contribution < 1.29 is 20.4 Å². The SMILES string of the molecule is CCCCCCCCCCCCCCCCC=Cc1ccc(N=CC(CCCC)=Nc2ccc(C=CCCCCCCCCCCCCCCCC)cc2)cc1.[Pd]. The van der Waals surface area contributed by atoms with Gasteiger partial charge in [0.05, 0.1) is 17.1 Å². The maximum atomic E-state index is 4.99. The van der Waals surface area contributed by atoms with Crippen molar-refractivity contribution in [3.63, 3.8) is 0 Å². The van der Waals surface area contributed by atoms with E-state index in [1.807, 2.05) is 6.21 Å². The molecule has 0 atom stereocenters. The van der Waals surface area contributed by atoms with Gasteiger partial charge in [-0.3, -0.25) is 9.98 Å². The maximum absolute atomic E-state index is 4.99. The third-order valence-corrected chi connectivity index (χ3v) is 11.3. The molecule has 0 aliphatic rings. The summed E-state index contributed by atoms with van der Waals surface area (Å²) in [5, 5.41) is 0. The zero-order valence-corrected chi connectivity index (χ0v) is 39.1. The molecule has 0 saturated carbocycles. The summed E-state index contributed by atoms with van der Waals surface area (Å²) < 4.78 is 0. The quantitative estimate of drug-likeness (QED) is 0.0365. The summed E-state index contributed by atoms with van der Waals surface area (Å²) in [5.74, 6) is 0. The molecule has 3 heteroatoms. The van der Waals surface area contributed by atoms with Gasteiger partial charge in [0.25, 0.3) is 0 Å². The molecule has 0 unspecified atom stereocenters. The Morgan fingerprint density at radius 3 is 1.05 bits per heavy atom. The van der Waals surface area contributed by atoms with Gasteiger partial charge in [0.1, 0.15) is 0 Å². The van der Waals surface area contributed by atoms with E-state index in [9.17, 15) is 0 Å². The fraction of sp³-hybridized carbons (Fsp3) is 0.667. The summed E-state index contributed by atoms with van der Waals surface area (Å²) in [5.41, 5.74) is 5.54. The predicted molar refractivity (Wildman–Crippen MR) is 256 cm³/mol. The van der Waals surface area contributed by atoms with Gasteiger partial charge in [-0.05, 0) is 73.9 Å². The first-order valence-electron chi connectivity index (χ1n) is 24.4. The number of benzene rings is 2. The molecule has 0 aliphatic heterocycles. The summed E-state index contributed by atoms with van der Waals surface area (Å²) in [7, 11) is 0. The molecule has 57 heavy (non-hydrogen) atoms. The van der Waals surface area contributed by atoms with Gasteiger partial charge in [-0.15, -0.1) is 0 Å². The van der Waals surface area contributed by atoms with Crippen molar-refractivity contribution in [2.24, 2.45) is 9.98 Å². The molecule has 0 saturated heterocycles. The van der Waals surface area contributed by atoms with Crippen LogP contribution in [-0.2, 0) is 20.4 Å². The Balaban J connectivity index is 0.0000162. The number of allylic oxidation sites excluding steroid dienone is 2. The third kappa shape index (κ3) is 32.5. The molecule has 0 radical (unpaired) electrons. The molecule has 0 fully saturated rings. The van der Waals surface area contributed by atoms with E-state index in [0.29, 0.717) is 0 Å². The van der Waals surface area contributed by atoms with Gasteiger partial charge in [0.2, 0.25) is 0 Å². The fourth-order valence-corrected chi connectivity index (χ4v) is 7.51. The van der Waals surface area contributed by atoms with Gasteiger partial charge >= 0.3 is 0 Å². The van der Waals surface area contributed by atoms with Crippen molar-refractivity contribution in [3.8, 4) is 0 Å². The molecule has 2 rings (SSSR count). The molecule has 0 N–H and O–H groups in total. The Kier molecular flexibility index (Phi) is 37.8. The molecule has 0 bridgehead atoms. The van der Waals surface area contributed by atoms with Gasteiger partial charge in [-0.2, -0.15) is 0 Å². The van der Waals surface area contributed by atoms with Crippen LogP contribution in [0.2, 0.25) is 0 Å². The molecule has 0 aliphatic carbocycles. The van der Waals surface area contributed by atoms with Crippen LogP contribution in [0.3, 0.4) is 0 Å². The van der Waals surface area contributed by atoms with Gasteiger partial charge in [0, 0.05) is 26.6 Å². The van der Waals surface area contributed by atoms with E-state index in [-0.39, 0.29) is 20.4 Å². The molecule has 324 valence electrons. The topological polar surface area (TPSA) is 24.7 Å². The van der Waals surface area contributed by atoms with E-state index in [4.69, 9.17) is 9.98 Å². The Morgan fingerprint density at radius 2 is 0.702 bits per heavy atom. The summed E-state index contributed by atoms with van der Waals surface area (Å²) in [4.78, 5) is 9.80. The summed E-state index contributed by atoms with van der Waals surface area (Å²) in [6, 6.07) is 17.3. The van der Waals surface area contributed by atoms with Crippen molar-refractivity contribution in [3.05, 3.63) is 71.8 Å². The summed E-state index contributed by atoms with van der Waals surface area (Å²) in [6.07, 6.45) is 56.4. The summed E-state index contributed by atoms with van der Waals surface area (Å²) in [6.45, 7) is 6.83. The molecular weight excluding hydrogens is 783 g/mol. The van der Waals surface area contributed by atoms with Gasteiger partial charge < -0.3 is 0 Å². The molecule has 0 heterocycles. The van der Waals surface area contributed by atoms with Crippen LogP contribution in [0.15, 0.2) is 70.7 Å². The number of nitrogens with zero attached hydrogens (tertiary/aromatic N) is 2. The minimum atomic E-state index is 0. The van der Waals surface area contributed by atoms with Crippen LogP contribution in [-0.4, -0.2) is 11.9 Å². The van der Waals surface area contributed by atoms with Crippen molar-refractivity contribution in [1.82, 2.24) is 0 Å². The number of unbranched alkanes of at least 4 members (excludes halogenated alkanes) is 29. The largest absolute Gasteiger partial charge is 0.255 e. The van der Waals surface area contributed by atoms with Crippen LogP contribution in [0, 0.1) is 0 Å². The van der Waals surface area contributed by atoms with E-state index in [1.165, 1.54) is 204 Å². The Hall–Kier alpha value is -2.08. The normalized spacial score (nSPS) is 12.1. The minimum absolute atomic E-state index is 0. The van der Waals surface area contributed by atoms with Gasteiger partial charge in [-0.25, -0.2) is 0 Å². The van der Waals surface area contributed by atoms with Crippen molar-refractivity contribution in [2.45, 2.75) is 233 Å². The average Bonchev–Trinajstić information content (AvgIpc) is 3.22. The van der Waals surface area contributed by atoms with Crippen molar-refractivity contribution in [1.29, 1.82) is 0 Å². The monoisotopic (exact) mass is 871 g/mol. The molecule has 0 aromatic heterocycles. The van der Waals surface area contributed by atoms with E-state index < -0.39 is 0 Å². The molecule has 2 aromatic carbocycles. The molecule has 0 spiro atoms. The molecule has 2 aromatic rings. The minimum Gasteiger partial charge on any atom is -0.255 e. The fourth-order valence-electron chi connectivity index (χ4n) is 7.51. The number of hydrogen-bond acceptors (Lipinski definition) is 2. The second-order valence-corrected chi connectivity index (χ2v) is 16.7. The number of hydrogen-bond donors (Lipinski definition) is 0. The second-order valence-electron chi connectivity index (χ2n) is 16.7. The van der Waals surface area contributed by atoms with Crippen LogP contribution >= 0.6 is 0 Å². The predicted octanol–water partition coefficient (Wildman–Crippen LogP) is 19.1. The Morgan fingerprint density at radius 1 is 0.386 bits per heavy atom. The van der Waals surface area contributed by atoms with Crippen LogP contribution in [0.5, 0.6) is 0 Å². The summed E-state index contributed by atoms with van der Waals surface area (Å²) >= 11 is 0. The van der Waals surface area contributed by atoms with E-state index in [2.05, 4.69) is 93.6 Å². The molecule has 2 nitrogen and oxygen atoms in total. The van der Waals surface area contributed by atoms with Crippen LogP contribution < -0.4 is 0 Å². The average molecular weight is 872 g/mol. The molecular formula is C54H88N2Pd. The molecule has 0 amide bonds. The van der Waals surface area contributed by atoms with Gasteiger partial charge in [-0.1, -0.05) is 243 Å². The standard InChI is InChI=1S/C54H88N2.Pd/c1-4-7-10-12-14-16-18-20-22-24-26-28-30-32-34-36-38-50-41-45-52(46-42-50)55-49-54(40-9-6-3)56-53-47-43-51(44-48-53)39-37-35-33-31-29-27-25-23-21-19-17-15-13-11-8-5-2;/h36-39,41-49H,4-35,40H2,1-3H3;. The smallest absolute Gasteiger partial charge is 0.0634 e.